The highest BCUT2D eigenvalue weighted by Gasteiger charge is 2.07. The van der Waals surface area contributed by atoms with Crippen molar-refractivity contribution in [3.05, 3.63) is 0 Å². The molecule has 0 fully saturated rings. The summed E-state index contributed by atoms with van der Waals surface area (Å²) in [5.74, 6) is 3.99. The molecule has 0 aliphatic heterocycles. The molecule has 0 spiro atoms. The van der Waals surface area contributed by atoms with Gasteiger partial charge in [0, 0.05) is 0 Å². The Balaban J connectivity index is 3.46. The van der Waals surface area contributed by atoms with E-state index in [0.29, 0.717) is 0 Å². The number of hydrazine groups is 1. The lowest BCUT2D eigenvalue weighted by molar-refractivity contribution is -0.125. The van der Waals surface area contributed by atoms with Gasteiger partial charge in [-0.2, -0.15) is 0 Å². The highest BCUT2D eigenvalue weighted by atomic mass is 16.3. The Morgan fingerprint density at radius 1 is 2.00 bits per heavy atom. The SMILES string of the molecule is CC(CO)C(=O)NN. The van der Waals surface area contributed by atoms with Crippen LogP contribution in [0, 0.1) is 5.92 Å². The molecular weight excluding hydrogens is 108 g/mol. The minimum Gasteiger partial charge on any atom is -0.396 e. The molecule has 1 unspecified atom stereocenters. The Labute approximate surface area is 47.6 Å². The zero-order chi connectivity index (χ0) is 6.57. The Hall–Kier alpha value is -0.610. The minimum absolute atomic E-state index is 0.164. The van der Waals surface area contributed by atoms with Crippen molar-refractivity contribution >= 4 is 5.91 Å². The number of aliphatic hydroxyl groups excluding tert-OH is 1. The summed E-state index contributed by atoms with van der Waals surface area (Å²) in [6.45, 7) is 1.42. The maximum Gasteiger partial charge on any atom is 0.239 e. The first kappa shape index (κ1) is 7.39. The topological polar surface area (TPSA) is 75.3 Å². The lowest BCUT2D eigenvalue weighted by Gasteiger charge is -2.02. The number of aliphatic hydroxyl groups is 1. The highest BCUT2D eigenvalue weighted by molar-refractivity contribution is 5.77. The van der Waals surface area contributed by atoms with Crippen LogP contribution in [0.5, 0.6) is 0 Å². The van der Waals surface area contributed by atoms with E-state index in [2.05, 4.69) is 0 Å². The van der Waals surface area contributed by atoms with Gasteiger partial charge in [-0.05, 0) is 0 Å². The predicted molar refractivity (Wildman–Crippen MR) is 28.6 cm³/mol. The van der Waals surface area contributed by atoms with Crippen molar-refractivity contribution in [2.24, 2.45) is 11.8 Å². The molecule has 0 rings (SSSR count). The Morgan fingerprint density at radius 2 is 2.50 bits per heavy atom. The van der Waals surface area contributed by atoms with Crippen molar-refractivity contribution in [1.29, 1.82) is 0 Å². The Kier molecular flexibility index (Phi) is 3.14. The molecule has 0 saturated carbocycles. The van der Waals surface area contributed by atoms with E-state index in [4.69, 9.17) is 10.9 Å². The molecule has 0 aromatic heterocycles. The number of nitrogens with two attached hydrogens (primary N) is 1. The fourth-order valence-corrected chi connectivity index (χ4v) is 0.225. The molecule has 0 aliphatic rings. The largest absolute Gasteiger partial charge is 0.396 e. The van der Waals surface area contributed by atoms with Gasteiger partial charge in [-0.1, -0.05) is 6.92 Å². The van der Waals surface area contributed by atoms with Crippen LogP contribution in [0.4, 0.5) is 0 Å². The van der Waals surface area contributed by atoms with E-state index in [9.17, 15) is 4.79 Å². The summed E-state index contributed by atoms with van der Waals surface area (Å²) in [4.78, 5) is 10.3. The lowest BCUT2D eigenvalue weighted by atomic mass is 10.2. The zero-order valence-electron chi connectivity index (χ0n) is 4.72. The van der Waals surface area contributed by atoms with Crippen LogP contribution >= 0.6 is 0 Å². The van der Waals surface area contributed by atoms with Crippen molar-refractivity contribution < 1.29 is 9.90 Å². The van der Waals surface area contributed by atoms with Crippen LogP contribution in [-0.4, -0.2) is 17.6 Å². The lowest BCUT2D eigenvalue weighted by Crippen LogP contribution is -2.35. The third-order valence-corrected chi connectivity index (χ3v) is 0.864. The second kappa shape index (κ2) is 3.40. The molecular formula is C4H10N2O2. The van der Waals surface area contributed by atoms with E-state index in [1.165, 1.54) is 0 Å². The second-order valence-electron chi connectivity index (χ2n) is 1.59. The van der Waals surface area contributed by atoms with E-state index in [1.807, 2.05) is 5.43 Å². The van der Waals surface area contributed by atoms with Gasteiger partial charge in [0.2, 0.25) is 5.91 Å². The summed E-state index contributed by atoms with van der Waals surface area (Å²) in [6, 6.07) is 0. The van der Waals surface area contributed by atoms with E-state index >= 15 is 0 Å². The summed E-state index contributed by atoms with van der Waals surface area (Å²) in [5, 5.41) is 8.32. The molecule has 0 bridgehead atoms. The smallest absolute Gasteiger partial charge is 0.239 e. The van der Waals surface area contributed by atoms with Gasteiger partial charge in [0.05, 0.1) is 12.5 Å². The highest BCUT2D eigenvalue weighted by Crippen LogP contribution is 1.88. The van der Waals surface area contributed by atoms with Crippen molar-refractivity contribution in [3.63, 3.8) is 0 Å². The van der Waals surface area contributed by atoms with Gasteiger partial charge in [-0.3, -0.25) is 10.2 Å². The maximum absolute atomic E-state index is 10.3. The molecule has 1 atom stereocenters. The number of hydrogen-bond acceptors (Lipinski definition) is 3. The molecule has 0 heterocycles. The van der Waals surface area contributed by atoms with Crippen LogP contribution in [0.2, 0.25) is 0 Å². The van der Waals surface area contributed by atoms with Crippen molar-refractivity contribution in [2.45, 2.75) is 6.92 Å². The van der Waals surface area contributed by atoms with Gasteiger partial charge < -0.3 is 5.11 Å². The molecule has 4 nitrogen and oxygen atoms in total. The summed E-state index contributed by atoms with van der Waals surface area (Å²) in [5.41, 5.74) is 1.92. The standard InChI is InChI=1S/C4H10N2O2/c1-3(2-7)4(8)6-5/h3,7H,2,5H2,1H3,(H,6,8). The first-order chi connectivity index (χ1) is 3.72. The van der Waals surface area contributed by atoms with Crippen LogP contribution in [0.3, 0.4) is 0 Å². The Morgan fingerprint density at radius 3 is 2.62 bits per heavy atom. The fourth-order valence-electron chi connectivity index (χ4n) is 0.225. The van der Waals surface area contributed by atoms with Gasteiger partial charge in [0.25, 0.3) is 0 Å². The summed E-state index contributed by atoms with van der Waals surface area (Å²) in [7, 11) is 0. The molecule has 1 amide bonds. The summed E-state index contributed by atoms with van der Waals surface area (Å²) < 4.78 is 0. The molecule has 0 saturated heterocycles. The number of carbonyl (C=O) groups excluding carboxylic acids is 1. The molecule has 0 aromatic rings. The second-order valence-corrected chi connectivity index (χ2v) is 1.59. The average molecular weight is 118 g/mol. The zero-order valence-corrected chi connectivity index (χ0v) is 4.72. The van der Waals surface area contributed by atoms with Crippen LogP contribution in [0.25, 0.3) is 0 Å². The number of rotatable bonds is 2. The first-order valence-electron chi connectivity index (χ1n) is 2.33. The molecule has 8 heavy (non-hydrogen) atoms. The van der Waals surface area contributed by atoms with Gasteiger partial charge in [-0.15, -0.1) is 0 Å². The van der Waals surface area contributed by atoms with E-state index in [0.717, 1.165) is 0 Å². The minimum atomic E-state index is -0.403. The van der Waals surface area contributed by atoms with E-state index < -0.39 is 5.92 Å². The van der Waals surface area contributed by atoms with Gasteiger partial charge >= 0.3 is 0 Å². The number of nitrogens with one attached hydrogen (secondary N) is 1. The van der Waals surface area contributed by atoms with Crippen LogP contribution < -0.4 is 11.3 Å². The molecule has 0 radical (unpaired) electrons. The normalized spacial score (nSPS) is 12.9. The molecule has 0 aromatic carbocycles. The number of carbonyl (C=O) groups is 1. The van der Waals surface area contributed by atoms with E-state index in [1.54, 1.807) is 6.92 Å². The fraction of sp³-hybridized carbons (Fsp3) is 0.750. The molecule has 4 heteroatoms. The quantitative estimate of drug-likeness (QED) is 0.237. The van der Waals surface area contributed by atoms with Crippen molar-refractivity contribution in [3.8, 4) is 0 Å². The average Bonchev–Trinajstić information content (AvgIpc) is 1.84. The van der Waals surface area contributed by atoms with Gasteiger partial charge in [-0.25, -0.2) is 5.84 Å². The molecule has 48 valence electrons. The number of hydrogen-bond donors (Lipinski definition) is 3. The maximum atomic E-state index is 10.3. The molecule has 4 N–H and O–H groups in total. The first-order valence-corrected chi connectivity index (χ1v) is 2.33. The summed E-state index contributed by atoms with van der Waals surface area (Å²) in [6.07, 6.45) is 0. The summed E-state index contributed by atoms with van der Waals surface area (Å²) >= 11 is 0. The van der Waals surface area contributed by atoms with Crippen LogP contribution in [0.15, 0.2) is 0 Å². The van der Waals surface area contributed by atoms with Gasteiger partial charge in [0.1, 0.15) is 0 Å². The monoisotopic (exact) mass is 118 g/mol. The van der Waals surface area contributed by atoms with E-state index in [-0.39, 0.29) is 12.5 Å². The van der Waals surface area contributed by atoms with Crippen molar-refractivity contribution in [2.75, 3.05) is 6.61 Å². The Bertz CT molecular complexity index is 84.1. The van der Waals surface area contributed by atoms with Gasteiger partial charge in [0.15, 0.2) is 0 Å². The third-order valence-electron chi connectivity index (χ3n) is 0.864. The third kappa shape index (κ3) is 1.90. The predicted octanol–water partition coefficient (Wildman–Crippen LogP) is -1.40. The van der Waals surface area contributed by atoms with Crippen LogP contribution in [0.1, 0.15) is 6.92 Å². The van der Waals surface area contributed by atoms with Crippen LogP contribution in [-0.2, 0) is 4.79 Å². The van der Waals surface area contributed by atoms with Crippen molar-refractivity contribution in [1.82, 2.24) is 5.43 Å². The number of amides is 1. The molecule has 0 aliphatic carbocycles.